The second kappa shape index (κ2) is 7.35. The molecule has 4 aromatic rings. The van der Waals surface area contributed by atoms with Crippen molar-refractivity contribution in [1.82, 2.24) is 24.5 Å². The number of para-hydroxylation sites is 2. The standard InChI is InChI=1S/C19H18N6O2S/c1-24(2)17(27)12-7-9-13(10-8-12)20-16(26)11-28-19-23-22-18-21-14-5-3-4-6-15(14)25(18)19/h3-10H,11H2,1-2H3,(H,20,26)(H,21,22). The quantitative estimate of drug-likeness (QED) is 0.508. The number of fused-ring (bicyclic) bond motifs is 3. The molecule has 9 heteroatoms. The molecular formula is C19H18N6O2S. The van der Waals surface area contributed by atoms with Crippen molar-refractivity contribution < 1.29 is 9.59 Å². The van der Waals surface area contributed by atoms with E-state index in [9.17, 15) is 9.59 Å². The van der Waals surface area contributed by atoms with Crippen molar-refractivity contribution in [2.24, 2.45) is 0 Å². The Morgan fingerprint density at radius 2 is 1.89 bits per heavy atom. The summed E-state index contributed by atoms with van der Waals surface area (Å²) in [6.07, 6.45) is 0. The number of anilines is 1. The van der Waals surface area contributed by atoms with Crippen molar-refractivity contribution in [3.05, 3.63) is 54.1 Å². The molecular weight excluding hydrogens is 376 g/mol. The van der Waals surface area contributed by atoms with Crippen LogP contribution in [0.1, 0.15) is 10.4 Å². The summed E-state index contributed by atoms with van der Waals surface area (Å²) in [5.41, 5.74) is 3.02. The second-order valence-corrected chi connectivity index (χ2v) is 7.32. The first-order chi connectivity index (χ1) is 13.5. The molecule has 2 aromatic heterocycles. The number of thioether (sulfide) groups is 1. The van der Waals surface area contributed by atoms with Gasteiger partial charge in [-0.05, 0) is 36.4 Å². The average Bonchev–Trinajstić information content (AvgIpc) is 3.25. The lowest BCUT2D eigenvalue weighted by molar-refractivity contribution is -0.113. The summed E-state index contributed by atoms with van der Waals surface area (Å²) in [6, 6.07) is 14.6. The van der Waals surface area contributed by atoms with Gasteiger partial charge in [0, 0.05) is 25.3 Å². The van der Waals surface area contributed by atoms with Gasteiger partial charge in [-0.25, -0.2) is 10.1 Å². The van der Waals surface area contributed by atoms with Gasteiger partial charge in [0.25, 0.3) is 5.91 Å². The molecule has 4 rings (SSSR count). The topological polar surface area (TPSA) is 95.4 Å². The number of rotatable bonds is 5. The molecule has 0 bridgehead atoms. The predicted molar refractivity (Wildman–Crippen MR) is 109 cm³/mol. The van der Waals surface area contributed by atoms with Crippen molar-refractivity contribution in [2.45, 2.75) is 5.16 Å². The van der Waals surface area contributed by atoms with Crippen molar-refractivity contribution in [1.29, 1.82) is 0 Å². The zero-order chi connectivity index (χ0) is 19.7. The van der Waals surface area contributed by atoms with Gasteiger partial charge in [0.1, 0.15) is 0 Å². The number of aromatic nitrogens is 4. The monoisotopic (exact) mass is 394 g/mol. The highest BCUT2D eigenvalue weighted by Gasteiger charge is 2.14. The molecule has 2 heterocycles. The third-order valence-corrected chi connectivity index (χ3v) is 5.10. The highest BCUT2D eigenvalue weighted by atomic mass is 32.2. The van der Waals surface area contributed by atoms with Gasteiger partial charge in [0.05, 0.1) is 16.8 Å². The number of hydrogen-bond acceptors (Lipinski definition) is 5. The SMILES string of the molecule is CN(C)C(=O)c1ccc(NC(=O)CSc2n[nH]c3nc4ccccc4n23)cc1. The van der Waals surface area contributed by atoms with E-state index in [-0.39, 0.29) is 17.6 Å². The molecule has 0 saturated carbocycles. The van der Waals surface area contributed by atoms with Crippen LogP contribution in [0.3, 0.4) is 0 Å². The fourth-order valence-corrected chi connectivity index (χ4v) is 3.58. The van der Waals surface area contributed by atoms with Gasteiger partial charge in [-0.3, -0.25) is 14.0 Å². The van der Waals surface area contributed by atoms with E-state index in [0.29, 0.717) is 22.2 Å². The lowest BCUT2D eigenvalue weighted by Crippen LogP contribution is -2.21. The molecule has 8 nitrogen and oxygen atoms in total. The number of imidazole rings is 1. The lowest BCUT2D eigenvalue weighted by Gasteiger charge is -2.10. The van der Waals surface area contributed by atoms with Crippen LogP contribution in [0.4, 0.5) is 5.69 Å². The van der Waals surface area contributed by atoms with Crippen LogP contribution in [0.25, 0.3) is 16.8 Å². The number of nitrogens with zero attached hydrogens (tertiary/aromatic N) is 4. The molecule has 28 heavy (non-hydrogen) atoms. The summed E-state index contributed by atoms with van der Waals surface area (Å²) < 4.78 is 1.90. The number of carbonyl (C=O) groups excluding carboxylic acids is 2. The van der Waals surface area contributed by atoms with Crippen LogP contribution in [-0.4, -0.2) is 56.1 Å². The van der Waals surface area contributed by atoms with Crippen molar-refractivity contribution >= 4 is 46.1 Å². The van der Waals surface area contributed by atoms with Crippen LogP contribution < -0.4 is 5.32 Å². The van der Waals surface area contributed by atoms with Crippen LogP contribution in [0.15, 0.2) is 53.7 Å². The number of nitrogens with one attached hydrogen (secondary N) is 2. The third kappa shape index (κ3) is 3.44. The van der Waals surface area contributed by atoms with Crippen LogP contribution in [0, 0.1) is 0 Å². The van der Waals surface area contributed by atoms with E-state index in [2.05, 4.69) is 20.5 Å². The van der Waals surface area contributed by atoms with E-state index in [1.54, 1.807) is 38.4 Å². The normalized spacial score (nSPS) is 11.1. The number of hydrogen-bond donors (Lipinski definition) is 2. The van der Waals surface area contributed by atoms with Gasteiger partial charge >= 0.3 is 0 Å². The molecule has 0 saturated heterocycles. The number of H-pyrrole nitrogens is 1. The summed E-state index contributed by atoms with van der Waals surface area (Å²) in [6.45, 7) is 0. The van der Waals surface area contributed by atoms with E-state index in [1.807, 2.05) is 28.7 Å². The Kier molecular flexibility index (Phi) is 4.74. The molecule has 0 aliphatic heterocycles. The fraction of sp³-hybridized carbons (Fsp3) is 0.158. The molecule has 2 N–H and O–H groups in total. The van der Waals surface area contributed by atoms with Crippen LogP contribution >= 0.6 is 11.8 Å². The zero-order valence-electron chi connectivity index (χ0n) is 15.3. The maximum atomic E-state index is 12.3. The molecule has 0 aliphatic rings. The smallest absolute Gasteiger partial charge is 0.253 e. The van der Waals surface area contributed by atoms with Crippen molar-refractivity contribution in [2.75, 3.05) is 25.2 Å². The summed E-state index contributed by atoms with van der Waals surface area (Å²) in [7, 11) is 3.40. The van der Waals surface area contributed by atoms with E-state index in [1.165, 1.54) is 16.7 Å². The highest BCUT2D eigenvalue weighted by Crippen LogP contribution is 2.23. The maximum Gasteiger partial charge on any atom is 0.253 e. The fourth-order valence-electron chi connectivity index (χ4n) is 2.82. The van der Waals surface area contributed by atoms with E-state index in [0.717, 1.165) is 11.0 Å². The minimum atomic E-state index is -0.155. The Bertz CT molecular complexity index is 1160. The molecule has 0 spiro atoms. The molecule has 142 valence electrons. The number of benzene rings is 2. The van der Waals surface area contributed by atoms with Gasteiger partial charge in [0.2, 0.25) is 11.7 Å². The summed E-state index contributed by atoms with van der Waals surface area (Å²) in [4.78, 5) is 30.2. The Morgan fingerprint density at radius 1 is 1.14 bits per heavy atom. The van der Waals surface area contributed by atoms with Crippen LogP contribution in [0.2, 0.25) is 0 Å². The van der Waals surface area contributed by atoms with E-state index < -0.39 is 0 Å². The number of carbonyl (C=O) groups is 2. The first-order valence-corrected chi connectivity index (χ1v) is 9.57. The molecule has 0 radical (unpaired) electrons. The van der Waals surface area contributed by atoms with Crippen LogP contribution in [-0.2, 0) is 4.79 Å². The first-order valence-electron chi connectivity index (χ1n) is 8.59. The van der Waals surface area contributed by atoms with Crippen molar-refractivity contribution in [3.8, 4) is 0 Å². The van der Waals surface area contributed by atoms with Gasteiger partial charge < -0.3 is 10.2 Å². The molecule has 2 amide bonds. The zero-order valence-corrected chi connectivity index (χ0v) is 16.2. The van der Waals surface area contributed by atoms with E-state index >= 15 is 0 Å². The summed E-state index contributed by atoms with van der Waals surface area (Å²) in [5, 5.41) is 10.6. The molecule has 0 unspecified atom stereocenters. The predicted octanol–water partition coefficient (Wildman–Crippen LogP) is 2.64. The molecule has 2 aromatic carbocycles. The van der Waals surface area contributed by atoms with Gasteiger partial charge in [-0.2, -0.15) is 0 Å². The van der Waals surface area contributed by atoms with E-state index in [4.69, 9.17) is 0 Å². The summed E-state index contributed by atoms with van der Waals surface area (Å²) >= 11 is 1.32. The Balaban J connectivity index is 1.42. The van der Waals surface area contributed by atoms with Gasteiger partial charge in [-0.15, -0.1) is 5.10 Å². The minimum Gasteiger partial charge on any atom is -0.345 e. The Morgan fingerprint density at radius 3 is 2.64 bits per heavy atom. The lowest BCUT2D eigenvalue weighted by atomic mass is 10.2. The van der Waals surface area contributed by atoms with Gasteiger partial charge in [0.15, 0.2) is 5.16 Å². The Labute approximate surface area is 164 Å². The first kappa shape index (κ1) is 18.1. The van der Waals surface area contributed by atoms with Gasteiger partial charge in [-0.1, -0.05) is 23.9 Å². The number of amides is 2. The average molecular weight is 394 g/mol. The molecule has 0 atom stereocenters. The summed E-state index contributed by atoms with van der Waals surface area (Å²) in [5.74, 6) is 0.608. The largest absolute Gasteiger partial charge is 0.345 e. The Hall–Kier alpha value is -3.33. The maximum absolute atomic E-state index is 12.3. The second-order valence-electron chi connectivity index (χ2n) is 6.38. The molecule has 0 aliphatic carbocycles. The van der Waals surface area contributed by atoms with Crippen LogP contribution in [0.5, 0.6) is 0 Å². The number of aromatic amines is 1. The minimum absolute atomic E-state index is 0.0801. The third-order valence-electron chi connectivity index (χ3n) is 4.16. The van der Waals surface area contributed by atoms with Crippen molar-refractivity contribution in [3.63, 3.8) is 0 Å². The molecule has 0 fully saturated rings. The highest BCUT2D eigenvalue weighted by molar-refractivity contribution is 7.99.